The van der Waals surface area contributed by atoms with Crippen molar-refractivity contribution < 1.29 is 18.3 Å². The van der Waals surface area contributed by atoms with E-state index in [2.05, 4.69) is 9.84 Å². The van der Waals surface area contributed by atoms with Crippen molar-refractivity contribution in [1.82, 2.24) is 9.78 Å². The van der Waals surface area contributed by atoms with Crippen LogP contribution >= 0.6 is 0 Å². The van der Waals surface area contributed by atoms with Crippen LogP contribution in [0.2, 0.25) is 0 Å². The van der Waals surface area contributed by atoms with E-state index in [1.165, 1.54) is 12.1 Å². The molecule has 0 radical (unpaired) electrons. The first-order valence-corrected chi connectivity index (χ1v) is 7.25. The molecule has 0 fully saturated rings. The number of aryl methyl sites for hydroxylation is 1. The number of ether oxygens (including phenoxy) is 1. The number of nitrogens with zero attached hydrogens (tertiary/aromatic N) is 2. The first kappa shape index (κ1) is 15.9. The fourth-order valence-corrected chi connectivity index (χ4v) is 2.44. The zero-order valence-electron chi connectivity index (χ0n) is 12.8. The lowest BCUT2D eigenvalue weighted by Gasteiger charge is -2.08. The summed E-state index contributed by atoms with van der Waals surface area (Å²) in [5, 5.41) is 4.51. The van der Waals surface area contributed by atoms with Crippen LogP contribution in [-0.4, -0.2) is 22.7 Å². The first-order chi connectivity index (χ1) is 11.6. The van der Waals surface area contributed by atoms with Gasteiger partial charge in [0.2, 0.25) is 0 Å². The molecule has 3 rings (SSSR count). The predicted octanol–water partition coefficient (Wildman–Crippen LogP) is 4.26. The van der Waals surface area contributed by atoms with Crippen LogP contribution in [0.1, 0.15) is 16.1 Å². The normalized spacial score (nSPS) is 10.8. The Morgan fingerprint density at radius 3 is 2.54 bits per heavy atom. The van der Waals surface area contributed by atoms with Gasteiger partial charge in [0.25, 0.3) is 0 Å². The number of hydrogen-bond donors (Lipinski definition) is 0. The summed E-state index contributed by atoms with van der Waals surface area (Å²) in [6.07, 6.45) is 0.481. The maximum Gasteiger partial charge on any atom is 0.387 e. The number of alkyl halides is 2. The van der Waals surface area contributed by atoms with E-state index in [0.29, 0.717) is 17.5 Å². The van der Waals surface area contributed by atoms with Gasteiger partial charge in [-0.2, -0.15) is 13.9 Å². The van der Waals surface area contributed by atoms with Crippen LogP contribution in [0.25, 0.3) is 16.9 Å². The van der Waals surface area contributed by atoms with Crippen molar-refractivity contribution in [2.24, 2.45) is 0 Å². The van der Waals surface area contributed by atoms with E-state index in [1.807, 2.05) is 43.3 Å². The molecule has 0 saturated heterocycles. The van der Waals surface area contributed by atoms with Crippen molar-refractivity contribution in [2.45, 2.75) is 13.5 Å². The number of para-hydroxylation sites is 1. The quantitative estimate of drug-likeness (QED) is 0.657. The van der Waals surface area contributed by atoms with E-state index in [9.17, 15) is 13.6 Å². The van der Waals surface area contributed by atoms with Crippen LogP contribution in [0.3, 0.4) is 0 Å². The van der Waals surface area contributed by atoms with E-state index >= 15 is 0 Å². The molecule has 1 aromatic heterocycles. The fourth-order valence-electron chi connectivity index (χ4n) is 2.44. The molecule has 0 N–H and O–H groups in total. The summed E-state index contributed by atoms with van der Waals surface area (Å²) in [5.74, 6) is -0.163. The Labute approximate surface area is 137 Å². The number of aromatic nitrogens is 2. The molecule has 0 aliphatic rings. The van der Waals surface area contributed by atoms with Gasteiger partial charge in [0.05, 0.1) is 16.9 Å². The van der Waals surface area contributed by atoms with Gasteiger partial charge >= 0.3 is 6.61 Å². The van der Waals surface area contributed by atoms with Crippen LogP contribution < -0.4 is 4.74 Å². The number of aldehydes is 1. The van der Waals surface area contributed by atoms with Crippen LogP contribution in [0.4, 0.5) is 8.78 Å². The number of carbonyl (C=O) groups excluding carboxylic acids is 1. The van der Waals surface area contributed by atoms with Gasteiger partial charge < -0.3 is 4.74 Å². The minimum atomic E-state index is -3.00. The Kier molecular flexibility index (Phi) is 4.37. The monoisotopic (exact) mass is 328 g/mol. The number of carbonyl (C=O) groups is 1. The second kappa shape index (κ2) is 6.62. The van der Waals surface area contributed by atoms with Crippen LogP contribution in [0.15, 0.2) is 54.6 Å². The maximum atomic E-state index is 12.5. The highest BCUT2D eigenvalue weighted by Crippen LogP contribution is 2.28. The lowest BCUT2D eigenvalue weighted by Crippen LogP contribution is -2.04. The maximum absolute atomic E-state index is 12.5. The number of halogens is 2. The summed E-state index contributed by atoms with van der Waals surface area (Å²) >= 11 is 0. The molecule has 24 heavy (non-hydrogen) atoms. The zero-order valence-corrected chi connectivity index (χ0v) is 12.8. The Hall–Kier alpha value is -3.02. The molecule has 4 nitrogen and oxygen atoms in total. The van der Waals surface area contributed by atoms with Gasteiger partial charge in [-0.1, -0.05) is 24.3 Å². The van der Waals surface area contributed by atoms with E-state index in [0.717, 1.165) is 11.4 Å². The highest BCUT2D eigenvalue weighted by atomic mass is 19.3. The average Bonchev–Trinajstić information content (AvgIpc) is 2.97. The highest BCUT2D eigenvalue weighted by molar-refractivity contribution is 5.81. The molecule has 0 bridgehead atoms. The highest BCUT2D eigenvalue weighted by Gasteiger charge is 2.13. The summed E-state index contributed by atoms with van der Waals surface area (Å²) in [6.45, 7) is -1.09. The smallest absolute Gasteiger partial charge is 0.387 e. The van der Waals surface area contributed by atoms with Gasteiger partial charge in [0, 0.05) is 11.3 Å². The molecule has 0 aliphatic heterocycles. The minimum Gasteiger partial charge on any atom is -0.434 e. The second-order valence-corrected chi connectivity index (χ2v) is 5.17. The van der Waals surface area contributed by atoms with Gasteiger partial charge in [-0.25, -0.2) is 4.68 Å². The molecule has 0 spiro atoms. The molecule has 3 aromatic rings. The zero-order chi connectivity index (χ0) is 17.1. The van der Waals surface area contributed by atoms with E-state index in [-0.39, 0.29) is 11.3 Å². The Morgan fingerprint density at radius 1 is 1.12 bits per heavy atom. The molecule has 0 atom stereocenters. The van der Waals surface area contributed by atoms with Crippen LogP contribution in [0.5, 0.6) is 5.75 Å². The number of hydrogen-bond acceptors (Lipinski definition) is 3. The first-order valence-electron chi connectivity index (χ1n) is 7.25. The van der Waals surface area contributed by atoms with Gasteiger partial charge in [-0.15, -0.1) is 0 Å². The van der Waals surface area contributed by atoms with Crippen molar-refractivity contribution in [3.05, 3.63) is 65.9 Å². The van der Waals surface area contributed by atoms with Crippen LogP contribution in [0, 0.1) is 6.92 Å². The van der Waals surface area contributed by atoms with Gasteiger partial charge in [0.1, 0.15) is 5.75 Å². The van der Waals surface area contributed by atoms with Crippen LogP contribution in [-0.2, 0) is 0 Å². The molecular formula is C18H14F2N2O2. The Bertz CT molecular complexity index is 861. The Balaban J connectivity index is 2.02. The minimum absolute atomic E-state index is 0.0678. The third kappa shape index (κ3) is 3.17. The lowest BCUT2D eigenvalue weighted by atomic mass is 10.1. The van der Waals surface area contributed by atoms with Gasteiger partial charge in [-0.05, 0) is 37.3 Å². The summed E-state index contributed by atoms with van der Waals surface area (Å²) < 4.78 is 31.2. The fraction of sp³-hybridized carbons (Fsp3) is 0.111. The second-order valence-electron chi connectivity index (χ2n) is 5.17. The van der Waals surface area contributed by atoms with Crippen molar-refractivity contribution >= 4 is 6.29 Å². The van der Waals surface area contributed by atoms with Gasteiger partial charge in [0.15, 0.2) is 6.29 Å². The topological polar surface area (TPSA) is 44.1 Å². The SMILES string of the molecule is Cc1cc(-c2ccc(C=O)c(OC(F)F)c2)nn1-c1ccccc1. The summed E-state index contributed by atoms with van der Waals surface area (Å²) in [6, 6.07) is 15.9. The van der Waals surface area contributed by atoms with E-state index in [1.54, 1.807) is 10.7 Å². The standard InChI is InChI=1S/C18H14F2N2O2/c1-12-9-16(21-22(12)15-5-3-2-4-6-15)13-7-8-14(11-23)17(10-13)24-18(19)20/h2-11,18H,1H3. The lowest BCUT2D eigenvalue weighted by molar-refractivity contribution is -0.0500. The van der Waals surface area contributed by atoms with Crippen molar-refractivity contribution in [2.75, 3.05) is 0 Å². The molecule has 1 heterocycles. The van der Waals surface area contributed by atoms with E-state index < -0.39 is 6.61 Å². The van der Waals surface area contributed by atoms with Crippen molar-refractivity contribution in [1.29, 1.82) is 0 Å². The molecule has 6 heteroatoms. The summed E-state index contributed by atoms with van der Waals surface area (Å²) in [7, 11) is 0. The molecule has 0 aliphatic carbocycles. The third-order valence-electron chi connectivity index (χ3n) is 3.54. The summed E-state index contributed by atoms with van der Waals surface area (Å²) in [5.41, 5.74) is 3.06. The van der Waals surface area contributed by atoms with Crippen molar-refractivity contribution in [3.8, 4) is 22.7 Å². The molecule has 0 saturated carbocycles. The molecule has 0 amide bonds. The Morgan fingerprint density at radius 2 is 1.88 bits per heavy atom. The summed E-state index contributed by atoms with van der Waals surface area (Å²) in [4.78, 5) is 11.0. The third-order valence-corrected chi connectivity index (χ3v) is 3.54. The molecule has 122 valence electrons. The van der Waals surface area contributed by atoms with Crippen molar-refractivity contribution in [3.63, 3.8) is 0 Å². The molecule has 0 unspecified atom stereocenters. The molecule has 2 aromatic carbocycles. The average molecular weight is 328 g/mol. The number of benzene rings is 2. The predicted molar refractivity (Wildman–Crippen MR) is 85.8 cm³/mol. The largest absolute Gasteiger partial charge is 0.434 e. The molecular weight excluding hydrogens is 314 g/mol. The van der Waals surface area contributed by atoms with Gasteiger partial charge in [-0.3, -0.25) is 4.79 Å². The van der Waals surface area contributed by atoms with E-state index in [4.69, 9.17) is 0 Å². The number of rotatable bonds is 5.